The molecule has 2 heterocycles. The molecule has 1 aliphatic heterocycles. The summed E-state index contributed by atoms with van der Waals surface area (Å²) >= 11 is 0. The van der Waals surface area contributed by atoms with Crippen molar-refractivity contribution in [2.24, 2.45) is 0 Å². The van der Waals surface area contributed by atoms with E-state index in [0.717, 1.165) is 36.2 Å². The minimum atomic E-state index is 0.0689. The van der Waals surface area contributed by atoms with Crippen molar-refractivity contribution in [3.8, 4) is 5.75 Å². The molecule has 1 aliphatic rings. The summed E-state index contributed by atoms with van der Waals surface area (Å²) in [5.41, 5.74) is 1.68. The first-order valence-electron chi connectivity index (χ1n) is 9.60. The Bertz CT molecular complexity index is 781. The van der Waals surface area contributed by atoms with Gasteiger partial charge in [-0.05, 0) is 38.1 Å². The van der Waals surface area contributed by atoms with Crippen molar-refractivity contribution in [3.63, 3.8) is 0 Å². The average molecular weight is 368 g/mol. The number of ether oxygens (including phenoxy) is 1. The molecule has 0 aliphatic carbocycles. The fourth-order valence-electron chi connectivity index (χ4n) is 3.18. The lowest BCUT2D eigenvalue weighted by Crippen LogP contribution is -2.49. The summed E-state index contributed by atoms with van der Waals surface area (Å²) in [7, 11) is 0. The first-order chi connectivity index (χ1) is 13.0. The molecule has 0 atom stereocenters. The van der Waals surface area contributed by atoms with Crippen LogP contribution in [-0.2, 0) is 0 Å². The zero-order chi connectivity index (χ0) is 19.4. The number of hydrogen-bond donors (Lipinski definition) is 0. The maximum Gasteiger partial charge on any atom is 0.253 e. The summed E-state index contributed by atoms with van der Waals surface area (Å²) in [6.07, 6.45) is 0. The molecule has 0 bridgehead atoms. The van der Waals surface area contributed by atoms with Crippen LogP contribution in [0.5, 0.6) is 5.75 Å². The van der Waals surface area contributed by atoms with E-state index in [1.54, 1.807) is 0 Å². The van der Waals surface area contributed by atoms with Crippen LogP contribution in [0.2, 0.25) is 0 Å². The molecule has 1 amide bonds. The SMILES string of the molecule is CCOc1ccc(C(=O)N2CCN(c3cc(C)nc(C(C)C)n3)CC2)cc1. The quantitative estimate of drug-likeness (QED) is 0.811. The number of aromatic nitrogens is 2. The molecule has 0 unspecified atom stereocenters. The minimum Gasteiger partial charge on any atom is -0.494 e. The van der Waals surface area contributed by atoms with Crippen LogP contribution in [0.1, 0.15) is 48.6 Å². The Kier molecular flexibility index (Phi) is 5.94. The minimum absolute atomic E-state index is 0.0689. The molecule has 1 saturated heterocycles. The van der Waals surface area contributed by atoms with E-state index in [4.69, 9.17) is 9.72 Å². The van der Waals surface area contributed by atoms with Gasteiger partial charge in [0.15, 0.2) is 0 Å². The van der Waals surface area contributed by atoms with Gasteiger partial charge in [0.25, 0.3) is 5.91 Å². The van der Waals surface area contributed by atoms with Crippen LogP contribution < -0.4 is 9.64 Å². The van der Waals surface area contributed by atoms with Gasteiger partial charge in [-0.25, -0.2) is 9.97 Å². The van der Waals surface area contributed by atoms with Gasteiger partial charge in [-0.3, -0.25) is 4.79 Å². The van der Waals surface area contributed by atoms with E-state index in [1.807, 2.05) is 49.1 Å². The summed E-state index contributed by atoms with van der Waals surface area (Å²) in [5, 5.41) is 0. The van der Waals surface area contributed by atoms with Crippen LogP contribution in [0.4, 0.5) is 5.82 Å². The Balaban J connectivity index is 1.64. The molecule has 144 valence electrons. The zero-order valence-electron chi connectivity index (χ0n) is 16.6. The van der Waals surface area contributed by atoms with Crippen molar-refractivity contribution in [3.05, 3.63) is 47.4 Å². The molecule has 3 rings (SSSR count). The van der Waals surface area contributed by atoms with Gasteiger partial charge in [-0.2, -0.15) is 0 Å². The molecule has 0 N–H and O–H groups in total. The molecule has 6 heteroatoms. The topological polar surface area (TPSA) is 58.6 Å². The Morgan fingerprint density at radius 3 is 2.37 bits per heavy atom. The highest BCUT2D eigenvalue weighted by Crippen LogP contribution is 2.20. The van der Waals surface area contributed by atoms with Gasteiger partial charge in [0.05, 0.1) is 6.61 Å². The molecule has 6 nitrogen and oxygen atoms in total. The van der Waals surface area contributed by atoms with Gasteiger partial charge in [-0.1, -0.05) is 13.8 Å². The Labute approximate surface area is 161 Å². The number of anilines is 1. The van der Waals surface area contributed by atoms with Gasteiger partial charge >= 0.3 is 0 Å². The van der Waals surface area contributed by atoms with Crippen LogP contribution >= 0.6 is 0 Å². The van der Waals surface area contributed by atoms with Crippen molar-refractivity contribution in [1.82, 2.24) is 14.9 Å². The van der Waals surface area contributed by atoms with Crippen LogP contribution in [0.15, 0.2) is 30.3 Å². The zero-order valence-corrected chi connectivity index (χ0v) is 16.6. The van der Waals surface area contributed by atoms with Gasteiger partial charge in [0.1, 0.15) is 17.4 Å². The van der Waals surface area contributed by atoms with Crippen LogP contribution in [0, 0.1) is 6.92 Å². The second kappa shape index (κ2) is 8.37. The van der Waals surface area contributed by atoms with E-state index < -0.39 is 0 Å². The maximum atomic E-state index is 12.8. The van der Waals surface area contributed by atoms with Crippen molar-refractivity contribution in [1.29, 1.82) is 0 Å². The molecular formula is C21H28N4O2. The standard InChI is InChI=1S/C21H28N4O2/c1-5-27-18-8-6-17(7-9-18)21(26)25-12-10-24(11-13-25)19-14-16(4)22-20(23-19)15(2)3/h6-9,14-15H,5,10-13H2,1-4H3. The molecule has 0 spiro atoms. The number of piperazine rings is 1. The summed E-state index contributed by atoms with van der Waals surface area (Å²) in [5.74, 6) is 2.99. The predicted octanol–water partition coefficient (Wildman–Crippen LogP) is 3.27. The van der Waals surface area contributed by atoms with Crippen LogP contribution in [0.25, 0.3) is 0 Å². The van der Waals surface area contributed by atoms with Gasteiger partial charge in [-0.15, -0.1) is 0 Å². The van der Waals surface area contributed by atoms with E-state index in [1.165, 1.54) is 0 Å². The summed E-state index contributed by atoms with van der Waals surface area (Å²) in [6.45, 7) is 11.7. The predicted molar refractivity (Wildman–Crippen MR) is 107 cm³/mol. The van der Waals surface area contributed by atoms with Gasteiger partial charge in [0.2, 0.25) is 0 Å². The number of hydrogen-bond acceptors (Lipinski definition) is 5. The van der Waals surface area contributed by atoms with Gasteiger partial charge in [0, 0.05) is 49.4 Å². The molecule has 1 fully saturated rings. The first-order valence-corrected chi connectivity index (χ1v) is 9.60. The van der Waals surface area contributed by atoms with Crippen LogP contribution in [0.3, 0.4) is 0 Å². The highest BCUT2D eigenvalue weighted by Gasteiger charge is 2.23. The van der Waals surface area contributed by atoms with E-state index in [9.17, 15) is 4.79 Å². The Morgan fingerprint density at radius 2 is 1.78 bits per heavy atom. The number of carbonyl (C=O) groups is 1. The van der Waals surface area contributed by atoms with Crippen molar-refractivity contribution in [2.75, 3.05) is 37.7 Å². The molecule has 2 aromatic rings. The number of rotatable bonds is 5. The van der Waals surface area contributed by atoms with Crippen molar-refractivity contribution in [2.45, 2.75) is 33.6 Å². The van der Waals surface area contributed by atoms with Gasteiger partial charge < -0.3 is 14.5 Å². The highest BCUT2D eigenvalue weighted by atomic mass is 16.5. The Hall–Kier alpha value is -2.63. The second-order valence-corrected chi connectivity index (χ2v) is 7.12. The number of amides is 1. The Morgan fingerprint density at radius 1 is 1.11 bits per heavy atom. The second-order valence-electron chi connectivity index (χ2n) is 7.12. The molecule has 0 saturated carbocycles. The lowest BCUT2D eigenvalue weighted by Gasteiger charge is -2.35. The third-order valence-electron chi connectivity index (χ3n) is 4.68. The molecule has 0 radical (unpaired) electrons. The molecule has 1 aromatic carbocycles. The van der Waals surface area contributed by atoms with E-state index in [-0.39, 0.29) is 5.91 Å². The third-order valence-corrected chi connectivity index (χ3v) is 4.68. The van der Waals surface area contributed by atoms with Crippen molar-refractivity contribution < 1.29 is 9.53 Å². The average Bonchev–Trinajstić information content (AvgIpc) is 2.68. The van der Waals surface area contributed by atoms with E-state index in [2.05, 4.69) is 23.7 Å². The number of aryl methyl sites for hydroxylation is 1. The fourth-order valence-corrected chi connectivity index (χ4v) is 3.18. The fraction of sp³-hybridized carbons (Fsp3) is 0.476. The van der Waals surface area contributed by atoms with Crippen LogP contribution in [-0.4, -0.2) is 53.6 Å². The molecule has 1 aromatic heterocycles. The molecular weight excluding hydrogens is 340 g/mol. The van der Waals surface area contributed by atoms with E-state index >= 15 is 0 Å². The summed E-state index contributed by atoms with van der Waals surface area (Å²) < 4.78 is 5.44. The summed E-state index contributed by atoms with van der Waals surface area (Å²) in [6, 6.07) is 9.40. The lowest BCUT2D eigenvalue weighted by atomic mass is 10.1. The maximum absolute atomic E-state index is 12.8. The normalized spacial score (nSPS) is 14.6. The number of nitrogens with zero attached hydrogens (tertiary/aromatic N) is 4. The monoisotopic (exact) mass is 368 g/mol. The molecule has 27 heavy (non-hydrogen) atoms. The van der Waals surface area contributed by atoms with Crippen molar-refractivity contribution >= 4 is 11.7 Å². The van der Waals surface area contributed by atoms with E-state index in [0.29, 0.717) is 31.2 Å². The third kappa shape index (κ3) is 4.56. The smallest absolute Gasteiger partial charge is 0.253 e. The number of carbonyl (C=O) groups excluding carboxylic acids is 1. The summed E-state index contributed by atoms with van der Waals surface area (Å²) in [4.78, 5) is 26.1. The first kappa shape index (κ1) is 19.1. The lowest BCUT2D eigenvalue weighted by molar-refractivity contribution is 0.0746. The highest BCUT2D eigenvalue weighted by molar-refractivity contribution is 5.94. The number of benzene rings is 1. The largest absolute Gasteiger partial charge is 0.494 e.